The number of rotatable bonds is 7. The Kier molecular flexibility index (Phi) is 10.8. The Hall–Kier alpha value is -1.74. The zero-order valence-electron chi connectivity index (χ0n) is 32.2. The number of methoxy groups -OCH3 is 1. The lowest BCUT2D eigenvalue weighted by atomic mass is 9.35. The number of hydrogen-bond acceptors (Lipinski definition) is 7. The summed E-state index contributed by atoms with van der Waals surface area (Å²) in [7, 11) is -1.41. The summed E-state index contributed by atoms with van der Waals surface area (Å²) in [4.78, 5) is 14.5. The molecule has 9 unspecified atom stereocenters. The minimum atomic E-state index is -2.85. The van der Waals surface area contributed by atoms with Crippen LogP contribution >= 0.6 is 0 Å². The first-order valence-corrected chi connectivity index (χ1v) is 21.7. The zero-order valence-corrected chi connectivity index (χ0v) is 33.0. The van der Waals surface area contributed by atoms with E-state index in [4.69, 9.17) is 10.5 Å². The van der Waals surface area contributed by atoms with Gasteiger partial charge in [-0.2, -0.15) is 0 Å². The molecular weight excluding hydrogens is 643 g/mol. The molecule has 4 aliphatic carbocycles. The van der Waals surface area contributed by atoms with E-state index in [9.17, 15) is 13.2 Å². The number of nitrogens with one attached hydrogen (secondary N) is 1. The van der Waals surface area contributed by atoms with Crippen LogP contribution in [0.15, 0.2) is 30.3 Å². The maximum Gasteiger partial charge on any atom is 0.337 e. The molecule has 0 bridgehead atoms. The highest BCUT2D eigenvalue weighted by Gasteiger charge is 2.65. The Bertz CT molecular complexity index is 1510. The monoisotopic (exact) mass is 709 g/mol. The van der Waals surface area contributed by atoms with Gasteiger partial charge in [-0.1, -0.05) is 52.8 Å². The van der Waals surface area contributed by atoms with Crippen LogP contribution in [0.5, 0.6) is 0 Å². The first kappa shape index (κ1) is 38.0. The lowest BCUT2D eigenvalue weighted by Gasteiger charge is -2.70. The summed E-state index contributed by atoms with van der Waals surface area (Å²) < 4.78 is 28.9. The lowest BCUT2D eigenvalue weighted by Crippen LogP contribution is -2.62. The molecular formula is C42H67N3O4S. The summed E-state index contributed by atoms with van der Waals surface area (Å²) in [6.45, 7) is 18.4. The number of allylic oxidation sites excluding steroid dienone is 2. The average molecular weight is 710 g/mol. The predicted octanol–water partition coefficient (Wildman–Crippen LogP) is 7.36. The molecule has 7 nitrogen and oxygen atoms in total. The van der Waals surface area contributed by atoms with Crippen LogP contribution in [-0.2, 0) is 14.6 Å². The van der Waals surface area contributed by atoms with E-state index in [0.29, 0.717) is 59.9 Å². The normalized spacial score (nSPS) is 39.3. The highest BCUT2D eigenvalue weighted by molar-refractivity contribution is 7.91. The molecule has 4 fully saturated rings. The molecule has 0 aromatic heterocycles. The molecule has 6 rings (SSSR count). The highest BCUT2D eigenvalue weighted by atomic mass is 32.2. The van der Waals surface area contributed by atoms with Crippen LogP contribution in [0.3, 0.4) is 0 Å². The SMILES string of the molecule is COC(=O)c1ccc(C2=CCC3(C)C(CCC4(C)C3CCC3CC(C(C)N)CCC(NCCN5CCS(=O)(=O)CC5)CCC34C)C2(C)C)cc1. The average Bonchev–Trinajstić information content (AvgIpc) is 3.13. The van der Waals surface area contributed by atoms with E-state index in [1.54, 1.807) is 0 Å². The standard InChI is InChI=1S/C42H67N3O4S/c1-29(43)32-12-14-34(44-22-23-45-24-26-50(47,48)27-25-45)16-20-41(5)33(28-32)13-15-37-40(4)19-17-35(30-8-10-31(11-9-30)38(46)49-7)39(2,3)36(40)18-21-42(37,41)6/h8-11,17,29,32-34,36-37,44H,12-16,18-28,43H2,1-7H3. The number of fused-ring (bicyclic) bond motifs is 5. The molecule has 3 saturated carbocycles. The fraction of sp³-hybridized carbons (Fsp3) is 0.786. The molecule has 3 N–H and O–H groups in total. The third kappa shape index (κ3) is 6.89. The van der Waals surface area contributed by atoms with Gasteiger partial charge in [-0.3, -0.25) is 0 Å². The second-order valence-electron chi connectivity index (χ2n) is 18.5. The van der Waals surface area contributed by atoms with Gasteiger partial charge in [0.15, 0.2) is 9.84 Å². The number of carbonyl (C=O) groups excluding carboxylic acids is 1. The third-order valence-corrected chi connectivity index (χ3v) is 17.4. The van der Waals surface area contributed by atoms with Crippen molar-refractivity contribution in [2.45, 2.75) is 118 Å². The van der Waals surface area contributed by atoms with Gasteiger partial charge in [-0.05, 0) is 140 Å². The van der Waals surface area contributed by atoms with Gasteiger partial charge >= 0.3 is 5.97 Å². The second kappa shape index (κ2) is 14.2. The van der Waals surface area contributed by atoms with E-state index in [2.05, 4.69) is 70.0 Å². The van der Waals surface area contributed by atoms with E-state index < -0.39 is 9.84 Å². The molecule has 1 aromatic rings. The van der Waals surface area contributed by atoms with Crippen LogP contribution in [0.4, 0.5) is 0 Å². The van der Waals surface area contributed by atoms with Gasteiger partial charge in [0.25, 0.3) is 0 Å². The lowest BCUT2D eigenvalue weighted by molar-refractivity contribution is -0.194. The van der Waals surface area contributed by atoms with E-state index in [0.717, 1.165) is 19.5 Å². The Labute approximate surface area is 303 Å². The van der Waals surface area contributed by atoms with Crippen molar-refractivity contribution < 1.29 is 17.9 Å². The Morgan fingerprint density at radius 1 is 0.940 bits per heavy atom. The molecule has 280 valence electrons. The van der Waals surface area contributed by atoms with Gasteiger partial charge < -0.3 is 20.7 Å². The molecule has 1 aromatic carbocycles. The van der Waals surface area contributed by atoms with Crippen molar-refractivity contribution in [1.29, 1.82) is 0 Å². The van der Waals surface area contributed by atoms with E-state index >= 15 is 0 Å². The molecule has 50 heavy (non-hydrogen) atoms. The summed E-state index contributed by atoms with van der Waals surface area (Å²) in [5.74, 6) is 2.82. The molecule has 1 heterocycles. The number of esters is 1. The summed E-state index contributed by atoms with van der Waals surface area (Å²) in [6, 6.07) is 8.75. The van der Waals surface area contributed by atoms with Gasteiger partial charge in [-0.15, -0.1) is 0 Å². The van der Waals surface area contributed by atoms with E-state index in [-0.39, 0.29) is 33.7 Å². The van der Waals surface area contributed by atoms with Crippen molar-refractivity contribution in [3.05, 3.63) is 41.5 Å². The van der Waals surface area contributed by atoms with Crippen molar-refractivity contribution in [2.75, 3.05) is 44.8 Å². The molecule has 1 saturated heterocycles. The largest absolute Gasteiger partial charge is 0.465 e. The first-order valence-electron chi connectivity index (χ1n) is 19.9. The molecule has 8 heteroatoms. The fourth-order valence-electron chi connectivity index (χ4n) is 12.5. The van der Waals surface area contributed by atoms with Gasteiger partial charge in [0.1, 0.15) is 0 Å². The number of nitrogens with zero attached hydrogens (tertiary/aromatic N) is 1. The number of carbonyl (C=O) groups is 1. The van der Waals surface area contributed by atoms with Crippen LogP contribution < -0.4 is 11.1 Å². The number of ether oxygens (including phenoxy) is 1. The van der Waals surface area contributed by atoms with Crippen molar-refractivity contribution >= 4 is 21.4 Å². The predicted molar refractivity (Wildman–Crippen MR) is 205 cm³/mol. The smallest absolute Gasteiger partial charge is 0.337 e. The number of benzene rings is 1. The Balaban J connectivity index is 1.23. The molecule has 0 radical (unpaired) electrons. The molecule has 9 atom stereocenters. The quantitative estimate of drug-likeness (QED) is 0.286. The molecule has 0 amide bonds. The third-order valence-electron chi connectivity index (χ3n) is 15.8. The Morgan fingerprint density at radius 2 is 1.62 bits per heavy atom. The van der Waals surface area contributed by atoms with Gasteiger partial charge in [0, 0.05) is 38.3 Å². The van der Waals surface area contributed by atoms with Crippen molar-refractivity contribution in [3.63, 3.8) is 0 Å². The van der Waals surface area contributed by atoms with E-state index in [1.807, 2.05) is 12.1 Å². The second-order valence-corrected chi connectivity index (χ2v) is 20.8. The van der Waals surface area contributed by atoms with E-state index in [1.165, 1.54) is 76.0 Å². The van der Waals surface area contributed by atoms with Crippen LogP contribution in [0.1, 0.15) is 122 Å². The molecule has 0 spiro atoms. The summed E-state index contributed by atoms with van der Waals surface area (Å²) in [5.41, 5.74) is 10.8. The van der Waals surface area contributed by atoms with Crippen LogP contribution in [0.25, 0.3) is 5.57 Å². The molecule has 1 aliphatic heterocycles. The topological polar surface area (TPSA) is 102 Å². The van der Waals surface area contributed by atoms with Crippen molar-refractivity contribution in [2.24, 2.45) is 51.1 Å². The maximum absolute atomic E-state index is 12.1. The van der Waals surface area contributed by atoms with Crippen molar-refractivity contribution in [1.82, 2.24) is 10.2 Å². The van der Waals surface area contributed by atoms with Gasteiger partial charge in [0.05, 0.1) is 24.2 Å². The Morgan fingerprint density at radius 3 is 2.28 bits per heavy atom. The van der Waals surface area contributed by atoms with Gasteiger partial charge in [0.2, 0.25) is 0 Å². The fourth-order valence-corrected chi connectivity index (χ4v) is 13.8. The summed E-state index contributed by atoms with van der Waals surface area (Å²) >= 11 is 0. The van der Waals surface area contributed by atoms with Crippen LogP contribution in [-0.4, -0.2) is 76.2 Å². The first-order chi connectivity index (χ1) is 23.5. The molecule has 5 aliphatic rings. The minimum absolute atomic E-state index is 0.0327. The van der Waals surface area contributed by atoms with Crippen LogP contribution in [0.2, 0.25) is 0 Å². The van der Waals surface area contributed by atoms with Crippen molar-refractivity contribution in [3.8, 4) is 0 Å². The zero-order chi connectivity index (χ0) is 36.1. The number of hydrogen-bond donors (Lipinski definition) is 2. The minimum Gasteiger partial charge on any atom is -0.465 e. The summed E-state index contributed by atoms with van der Waals surface area (Å²) in [6.07, 6.45) is 14.9. The maximum atomic E-state index is 12.1. The number of nitrogens with two attached hydrogens (primary N) is 1. The van der Waals surface area contributed by atoms with Crippen LogP contribution in [0, 0.1) is 45.3 Å². The number of sulfone groups is 1. The summed E-state index contributed by atoms with van der Waals surface area (Å²) in [5, 5.41) is 3.97. The highest BCUT2D eigenvalue weighted by Crippen LogP contribution is 2.74. The van der Waals surface area contributed by atoms with Gasteiger partial charge in [-0.25, -0.2) is 13.2 Å².